The quantitative estimate of drug-likeness (QED) is 0.657. The first-order valence-electron chi connectivity index (χ1n) is 4.39. The Morgan fingerprint density at radius 1 is 1.15 bits per heavy atom. The van der Waals surface area contributed by atoms with Crippen molar-refractivity contribution in [1.82, 2.24) is 0 Å². The van der Waals surface area contributed by atoms with E-state index in [0.717, 1.165) is 4.58 Å². The lowest BCUT2D eigenvalue weighted by molar-refractivity contribution is 0.694. The number of hydrogen-bond acceptors (Lipinski definition) is 5. The maximum absolute atomic E-state index is 4.86. The van der Waals surface area contributed by atoms with Gasteiger partial charge in [0.05, 0.1) is 12.7 Å². The lowest BCUT2D eigenvalue weighted by atomic mass is 10.3. The van der Waals surface area contributed by atoms with Gasteiger partial charge in [0.25, 0.3) is 0 Å². The molecule has 4 fully saturated rings. The molecule has 4 aliphatic rings. The van der Waals surface area contributed by atoms with E-state index in [1.54, 1.807) is 0 Å². The maximum atomic E-state index is 4.86. The smallest absolute Gasteiger partial charge is 0.108 e. The van der Waals surface area contributed by atoms with Gasteiger partial charge < -0.3 is 0 Å². The summed E-state index contributed by atoms with van der Waals surface area (Å²) in [4.78, 5) is 0. The highest BCUT2D eigenvalue weighted by Gasteiger charge is 2.61. The van der Waals surface area contributed by atoms with Crippen molar-refractivity contribution >= 4 is 59.7 Å². The van der Waals surface area contributed by atoms with Crippen LogP contribution in [0.3, 0.4) is 0 Å². The average Bonchev–Trinajstić information content (AvgIpc) is 1.71. The molecule has 0 N–H and O–H groups in total. The largest absolute Gasteiger partial charge is 0.151 e. The standard InChI is InChI=1S/C8H12S5/c1-6-3-5-10-7(2,12-6)4-8(9,11-5)13-6/h5,9H,3-4H2,1-2H3/t5-,6+,7-,8-/m1/s1. The Morgan fingerprint density at radius 3 is 2.46 bits per heavy atom. The predicted octanol–water partition coefficient (Wildman–Crippen LogP) is 4.08. The fraction of sp³-hybridized carbons (Fsp3) is 1.00. The van der Waals surface area contributed by atoms with Crippen LogP contribution in [0.5, 0.6) is 0 Å². The molecule has 13 heavy (non-hydrogen) atoms. The Labute approximate surface area is 102 Å². The van der Waals surface area contributed by atoms with Crippen molar-refractivity contribution < 1.29 is 0 Å². The van der Waals surface area contributed by atoms with Gasteiger partial charge in [-0.25, -0.2) is 0 Å². The highest BCUT2D eigenvalue weighted by atomic mass is 32.3. The van der Waals surface area contributed by atoms with Crippen LogP contribution < -0.4 is 0 Å². The van der Waals surface area contributed by atoms with Gasteiger partial charge in [-0.05, 0) is 20.3 Å². The first kappa shape index (κ1) is 9.94. The van der Waals surface area contributed by atoms with E-state index < -0.39 is 0 Å². The number of rotatable bonds is 0. The van der Waals surface area contributed by atoms with Crippen molar-refractivity contribution in [3.63, 3.8) is 0 Å². The molecule has 4 saturated heterocycles. The zero-order chi connectivity index (χ0) is 9.32. The van der Waals surface area contributed by atoms with Crippen molar-refractivity contribution in [2.75, 3.05) is 0 Å². The Kier molecular flexibility index (Phi) is 2.07. The number of thiol groups is 1. The average molecular weight is 269 g/mol. The van der Waals surface area contributed by atoms with Crippen LogP contribution >= 0.6 is 59.7 Å². The number of thioether (sulfide) groups is 4. The topological polar surface area (TPSA) is 0 Å². The molecule has 0 nitrogen and oxygen atoms in total. The molecular weight excluding hydrogens is 256 g/mol. The van der Waals surface area contributed by atoms with Gasteiger partial charge in [-0.2, -0.15) is 12.6 Å². The fourth-order valence-corrected chi connectivity index (χ4v) is 15.6. The van der Waals surface area contributed by atoms with Gasteiger partial charge in [-0.1, -0.05) is 0 Å². The molecule has 4 bridgehead atoms. The Bertz CT molecular complexity index is 214. The normalized spacial score (nSPS) is 64.4. The molecule has 0 aromatic heterocycles. The van der Waals surface area contributed by atoms with Crippen LogP contribution in [0.4, 0.5) is 0 Å². The van der Waals surface area contributed by atoms with E-state index in [0.29, 0.717) is 8.16 Å². The molecule has 4 rings (SSSR count). The van der Waals surface area contributed by atoms with Gasteiger partial charge in [0.15, 0.2) is 0 Å². The van der Waals surface area contributed by atoms with Gasteiger partial charge in [-0.3, -0.25) is 0 Å². The van der Waals surface area contributed by atoms with Crippen molar-refractivity contribution in [2.45, 2.75) is 42.8 Å². The molecule has 0 amide bonds. The van der Waals surface area contributed by atoms with Crippen LogP contribution in [-0.4, -0.2) is 16.2 Å². The van der Waals surface area contributed by atoms with Gasteiger partial charge in [0.2, 0.25) is 0 Å². The second kappa shape index (κ2) is 2.70. The zero-order valence-electron chi connectivity index (χ0n) is 7.57. The lowest BCUT2D eigenvalue weighted by Gasteiger charge is -2.61. The molecule has 0 radical (unpaired) electrons. The second-order valence-electron chi connectivity index (χ2n) is 4.23. The molecule has 4 heterocycles. The van der Waals surface area contributed by atoms with Crippen molar-refractivity contribution in [1.29, 1.82) is 0 Å². The Balaban J connectivity index is 2.03. The van der Waals surface area contributed by atoms with Crippen LogP contribution in [0.2, 0.25) is 0 Å². The molecule has 74 valence electrons. The second-order valence-corrected chi connectivity index (χ2v) is 13.7. The van der Waals surface area contributed by atoms with Gasteiger partial charge in [-0.15, -0.1) is 47.0 Å². The molecule has 0 saturated carbocycles. The van der Waals surface area contributed by atoms with Crippen LogP contribution in [0, 0.1) is 0 Å². The third kappa shape index (κ3) is 1.57. The van der Waals surface area contributed by atoms with E-state index in [4.69, 9.17) is 12.6 Å². The highest BCUT2D eigenvalue weighted by molar-refractivity contribution is 8.42. The Hall–Kier alpha value is 1.75. The summed E-state index contributed by atoms with van der Waals surface area (Å²) in [5.41, 5.74) is 0. The fourth-order valence-electron chi connectivity index (χ4n) is 2.40. The van der Waals surface area contributed by atoms with E-state index in [-0.39, 0.29) is 3.41 Å². The van der Waals surface area contributed by atoms with Gasteiger partial charge in [0, 0.05) is 6.42 Å². The molecule has 0 spiro atoms. The minimum atomic E-state index is 0.211. The molecule has 4 aliphatic heterocycles. The summed E-state index contributed by atoms with van der Waals surface area (Å²) in [6, 6.07) is 0. The monoisotopic (exact) mass is 268 g/mol. The Morgan fingerprint density at radius 2 is 1.92 bits per heavy atom. The van der Waals surface area contributed by atoms with E-state index in [2.05, 4.69) is 60.9 Å². The first-order valence-corrected chi connectivity index (χ1v) is 8.23. The number of hydrogen-bond donors (Lipinski definition) is 1. The molecule has 4 atom stereocenters. The van der Waals surface area contributed by atoms with E-state index in [9.17, 15) is 0 Å². The summed E-state index contributed by atoms with van der Waals surface area (Å²) in [5.74, 6) is 0. The summed E-state index contributed by atoms with van der Waals surface area (Å²) in [6.45, 7) is 4.80. The summed E-state index contributed by atoms with van der Waals surface area (Å²) < 4.78 is 1.89. The van der Waals surface area contributed by atoms with Crippen molar-refractivity contribution in [2.24, 2.45) is 0 Å². The van der Waals surface area contributed by atoms with Crippen LogP contribution in [0.25, 0.3) is 0 Å². The van der Waals surface area contributed by atoms with Gasteiger partial charge in [0.1, 0.15) is 3.41 Å². The van der Waals surface area contributed by atoms with E-state index >= 15 is 0 Å². The van der Waals surface area contributed by atoms with Crippen molar-refractivity contribution in [3.8, 4) is 0 Å². The summed E-state index contributed by atoms with van der Waals surface area (Å²) >= 11 is 13.4. The molecular formula is C8H12S5. The van der Waals surface area contributed by atoms with E-state index in [1.807, 2.05) is 0 Å². The highest BCUT2D eigenvalue weighted by Crippen LogP contribution is 2.78. The summed E-state index contributed by atoms with van der Waals surface area (Å²) in [5, 5.41) is 0. The van der Waals surface area contributed by atoms with Crippen LogP contribution in [0.1, 0.15) is 26.7 Å². The minimum absolute atomic E-state index is 0.211. The van der Waals surface area contributed by atoms with Crippen LogP contribution in [0.15, 0.2) is 0 Å². The minimum Gasteiger partial charge on any atom is -0.151 e. The zero-order valence-corrected chi connectivity index (χ0v) is 11.7. The lowest BCUT2D eigenvalue weighted by Crippen LogP contribution is -2.51. The van der Waals surface area contributed by atoms with E-state index in [1.165, 1.54) is 12.8 Å². The molecule has 0 unspecified atom stereocenters. The SMILES string of the molecule is C[C@@]12C[C@@H]3S[C@@](C)(C[C@@](S)(S3)S1)S2. The third-order valence-electron chi connectivity index (χ3n) is 2.59. The van der Waals surface area contributed by atoms with Crippen molar-refractivity contribution in [3.05, 3.63) is 0 Å². The summed E-state index contributed by atoms with van der Waals surface area (Å²) in [7, 11) is 0. The summed E-state index contributed by atoms with van der Waals surface area (Å²) in [6.07, 6.45) is 2.58. The molecule has 0 aromatic carbocycles. The molecule has 0 aliphatic carbocycles. The third-order valence-corrected chi connectivity index (χ3v) is 9.74. The first-order chi connectivity index (χ1) is 5.91. The predicted molar refractivity (Wildman–Crippen MR) is 71.9 cm³/mol. The van der Waals surface area contributed by atoms with Gasteiger partial charge >= 0.3 is 0 Å². The van der Waals surface area contributed by atoms with Crippen LogP contribution in [-0.2, 0) is 0 Å². The molecule has 5 heteroatoms. The maximum Gasteiger partial charge on any atom is 0.108 e. The molecule has 0 aromatic rings.